The highest BCUT2D eigenvalue weighted by Gasteiger charge is 2.33. The van der Waals surface area contributed by atoms with Crippen LogP contribution in [0, 0.1) is 0 Å². The van der Waals surface area contributed by atoms with E-state index in [4.69, 9.17) is 17.3 Å². The molecule has 0 saturated heterocycles. The molecule has 1 rings (SSSR count). The van der Waals surface area contributed by atoms with Crippen LogP contribution in [0.4, 0.5) is 18.9 Å². The molecule has 7 heteroatoms. The molecule has 0 unspecified atom stereocenters. The molecule has 0 aliphatic rings. The summed E-state index contributed by atoms with van der Waals surface area (Å²) in [5, 5.41) is 0.322. The Balaban J connectivity index is 2.97. The summed E-state index contributed by atoms with van der Waals surface area (Å²) >= 11 is 5.66. The summed E-state index contributed by atoms with van der Waals surface area (Å²) in [5.41, 5.74) is 5.65. The lowest BCUT2D eigenvalue weighted by Gasteiger charge is -2.23. The van der Waals surface area contributed by atoms with Gasteiger partial charge in [0, 0.05) is 17.3 Å². The molecule has 0 atom stereocenters. The Kier molecular flexibility index (Phi) is 4.45. The van der Waals surface area contributed by atoms with Crippen molar-refractivity contribution in [3.63, 3.8) is 0 Å². The minimum atomic E-state index is -4.44. The van der Waals surface area contributed by atoms with Crippen molar-refractivity contribution in [3.05, 3.63) is 28.8 Å². The second-order valence-corrected chi connectivity index (χ2v) is 4.10. The van der Waals surface area contributed by atoms with Crippen LogP contribution in [0.3, 0.4) is 0 Å². The second-order valence-electron chi connectivity index (χ2n) is 3.67. The van der Waals surface area contributed by atoms with Gasteiger partial charge in [-0.3, -0.25) is 4.79 Å². The van der Waals surface area contributed by atoms with Crippen molar-refractivity contribution < 1.29 is 18.0 Å². The summed E-state index contributed by atoms with van der Waals surface area (Å²) in [7, 11) is 0. The molecular formula is C11H12ClF3N2O. The zero-order valence-corrected chi connectivity index (χ0v) is 10.3. The van der Waals surface area contributed by atoms with E-state index in [1.54, 1.807) is 0 Å². The summed E-state index contributed by atoms with van der Waals surface area (Å²) in [6.07, 6.45) is -4.44. The summed E-state index contributed by atoms with van der Waals surface area (Å²) in [5.74, 6) is -0.760. The third kappa shape index (κ3) is 3.80. The molecule has 3 nitrogen and oxygen atoms in total. The molecule has 2 N–H and O–H groups in total. The van der Waals surface area contributed by atoms with Gasteiger partial charge in [0.15, 0.2) is 0 Å². The Morgan fingerprint density at radius 2 is 2.06 bits per heavy atom. The van der Waals surface area contributed by atoms with Gasteiger partial charge in [0.2, 0.25) is 0 Å². The Hall–Kier alpha value is -1.43. The second kappa shape index (κ2) is 5.48. The van der Waals surface area contributed by atoms with Gasteiger partial charge in [-0.15, -0.1) is 0 Å². The normalized spacial score (nSPS) is 11.4. The fourth-order valence-corrected chi connectivity index (χ4v) is 1.62. The molecule has 100 valence electrons. The van der Waals surface area contributed by atoms with Crippen LogP contribution >= 0.6 is 11.6 Å². The lowest BCUT2D eigenvalue weighted by Crippen LogP contribution is -2.39. The number of carbonyl (C=O) groups excluding carboxylic acids is 1. The third-order valence-electron chi connectivity index (χ3n) is 2.28. The van der Waals surface area contributed by atoms with Gasteiger partial charge >= 0.3 is 6.18 Å². The molecule has 0 aliphatic heterocycles. The molecule has 0 saturated carbocycles. The van der Waals surface area contributed by atoms with Gasteiger partial charge in [-0.25, -0.2) is 0 Å². The number of nitrogens with two attached hydrogens (primary N) is 1. The Labute approximate surface area is 107 Å². The monoisotopic (exact) mass is 280 g/mol. The van der Waals surface area contributed by atoms with Gasteiger partial charge < -0.3 is 10.6 Å². The van der Waals surface area contributed by atoms with Crippen molar-refractivity contribution in [1.29, 1.82) is 0 Å². The lowest BCUT2D eigenvalue weighted by molar-refractivity contribution is -0.140. The van der Waals surface area contributed by atoms with Crippen LogP contribution in [-0.2, 0) is 0 Å². The van der Waals surface area contributed by atoms with Gasteiger partial charge in [0.05, 0.1) is 5.56 Å². The number of alkyl halides is 3. The molecule has 0 aromatic heterocycles. The largest absolute Gasteiger partial charge is 0.406 e. The Bertz CT molecular complexity index is 448. The predicted octanol–water partition coefficient (Wildman–Crippen LogP) is 2.95. The molecule has 0 spiro atoms. The minimum absolute atomic E-state index is 0.0190. The van der Waals surface area contributed by atoms with Crippen LogP contribution < -0.4 is 5.73 Å². The quantitative estimate of drug-likeness (QED) is 0.865. The van der Waals surface area contributed by atoms with E-state index in [1.807, 2.05) is 0 Å². The van der Waals surface area contributed by atoms with Gasteiger partial charge in [0.25, 0.3) is 5.91 Å². The van der Waals surface area contributed by atoms with E-state index >= 15 is 0 Å². The third-order valence-corrected chi connectivity index (χ3v) is 2.52. The highest BCUT2D eigenvalue weighted by Crippen LogP contribution is 2.22. The fourth-order valence-electron chi connectivity index (χ4n) is 1.44. The van der Waals surface area contributed by atoms with Crippen molar-refractivity contribution in [1.82, 2.24) is 4.90 Å². The molecule has 0 fully saturated rings. The number of nitrogen functional groups attached to an aromatic ring is 1. The van der Waals surface area contributed by atoms with E-state index in [0.717, 1.165) is 0 Å². The number of rotatable bonds is 3. The highest BCUT2D eigenvalue weighted by molar-refractivity contribution is 6.31. The van der Waals surface area contributed by atoms with E-state index in [2.05, 4.69) is 0 Å². The average Bonchev–Trinajstić information content (AvgIpc) is 2.24. The lowest BCUT2D eigenvalue weighted by atomic mass is 10.1. The zero-order chi connectivity index (χ0) is 13.9. The average molecular weight is 281 g/mol. The van der Waals surface area contributed by atoms with Crippen molar-refractivity contribution in [2.24, 2.45) is 0 Å². The van der Waals surface area contributed by atoms with Crippen LogP contribution in [0.25, 0.3) is 0 Å². The maximum absolute atomic E-state index is 12.3. The van der Waals surface area contributed by atoms with E-state index in [1.165, 1.54) is 25.1 Å². The molecule has 1 aromatic rings. The molecule has 1 aromatic carbocycles. The first kappa shape index (κ1) is 14.6. The zero-order valence-electron chi connectivity index (χ0n) is 9.59. The van der Waals surface area contributed by atoms with E-state index < -0.39 is 18.6 Å². The number of benzene rings is 1. The van der Waals surface area contributed by atoms with Crippen LogP contribution in [-0.4, -0.2) is 30.1 Å². The predicted molar refractivity (Wildman–Crippen MR) is 63.5 cm³/mol. The van der Waals surface area contributed by atoms with Crippen LogP contribution in [0.5, 0.6) is 0 Å². The van der Waals surface area contributed by atoms with E-state index in [-0.39, 0.29) is 17.8 Å². The Morgan fingerprint density at radius 1 is 1.44 bits per heavy atom. The van der Waals surface area contributed by atoms with Crippen molar-refractivity contribution in [3.8, 4) is 0 Å². The molecule has 1 amide bonds. The van der Waals surface area contributed by atoms with Crippen LogP contribution in [0.2, 0.25) is 5.02 Å². The van der Waals surface area contributed by atoms with Gasteiger partial charge in [-0.1, -0.05) is 11.6 Å². The van der Waals surface area contributed by atoms with Gasteiger partial charge in [-0.2, -0.15) is 13.2 Å². The number of carbonyl (C=O) groups is 1. The number of hydrogen-bond donors (Lipinski definition) is 1. The molecule has 18 heavy (non-hydrogen) atoms. The summed E-state index contributed by atoms with van der Waals surface area (Å²) in [6, 6.07) is 4.06. The Morgan fingerprint density at radius 3 is 2.50 bits per heavy atom. The first-order valence-electron chi connectivity index (χ1n) is 5.15. The summed E-state index contributed by atoms with van der Waals surface area (Å²) < 4.78 is 36.9. The van der Waals surface area contributed by atoms with Crippen molar-refractivity contribution in [2.75, 3.05) is 18.8 Å². The molecule has 0 radical (unpaired) electrons. The smallest absolute Gasteiger partial charge is 0.398 e. The molecule has 0 bridgehead atoms. The molecule has 0 aliphatic carbocycles. The number of amides is 1. The number of nitrogens with zero attached hydrogens (tertiary/aromatic N) is 1. The molecule has 0 heterocycles. The fraction of sp³-hybridized carbons (Fsp3) is 0.364. The summed E-state index contributed by atoms with van der Waals surface area (Å²) in [6.45, 7) is 0.112. The SMILES string of the molecule is CCN(CC(F)(F)F)C(=O)c1ccc(Cl)cc1N. The number of anilines is 1. The molecular weight excluding hydrogens is 269 g/mol. The minimum Gasteiger partial charge on any atom is -0.398 e. The maximum atomic E-state index is 12.3. The first-order chi connectivity index (χ1) is 8.24. The van der Waals surface area contributed by atoms with E-state index in [9.17, 15) is 18.0 Å². The maximum Gasteiger partial charge on any atom is 0.406 e. The first-order valence-corrected chi connectivity index (χ1v) is 5.53. The van der Waals surface area contributed by atoms with E-state index in [0.29, 0.717) is 9.92 Å². The van der Waals surface area contributed by atoms with Crippen LogP contribution in [0.15, 0.2) is 18.2 Å². The topological polar surface area (TPSA) is 46.3 Å². The number of halogens is 4. The summed E-state index contributed by atoms with van der Waals surface area (Å²) in [4.78, 5) is 12.6. The van der Waals surface area contributed by atoms with Crippen LogP contribution in [0.1, 0.15) is 17.3 Å². The van der Waals surface area contributed by atoms with Crippen molar-refractivity contribution in [2.45, 2.75) is 13.1 Å². The van der Waals surface area contributed by atoms with Gasteiger partial charge in [-0.05, 0) is 25.1 Å². The van der Waals surface area contributed by atoms with Crippen molar-refractivity contribution >= 4 is 23.2 Å². The standard InChI is InChI=1S/C11H12ClF3N2O/c1-2-17(6-11(13,14)15)10(18)8-4-3-7(12)5-9(8)16/h3-5H,2,6,16H2,1H3. The van der Waals surface area contributed by atoms with Gasteiger partial charge in [0.1, 0.15) is 6.54 Å². The number of hydrogen-bond acceptors (Lipinski definition) is 2. The highest BCUT2D eigenvalue weighted by atomic mass is 35.5.